The molecule has 0 bridgehead atoms. The van der Waals surface area contributed by atoms with Crippen molar-refractivity contribution < 1.29 is 37.1 Å². The highest BCUT2D eigenvalue weighted by Gasteiger charge is 2.63. The Morgan fingerprint density at radius 1 is 0.964 bits per heavy atom. The van der Waals surface area contributed by atoms with Crippen molar-refractivity contribution in [2.75, 3.05) is 26.2 Å². The number of likely N-dealkylation sites (tertiary alicyclic amines) is 1. The van der Waals surface area contributed by atoms with E-state index in [1.54, 1.807) is 17.0 Å². The summed E-state index contributed by atoms with van der Waals surface area (Å²) >= 11 is 0. The van der Waals surface area contributed by atoms with Crippen LogP contribution in [0.15, 0.2) is 54.6 Å². The smallest absolute Gasteiger partial charge is 0.407 e. The third kappa shape index (κ3) is 8.05. The van der Waals surface area contributed by atoms with Gasteiger partial charge in [0.1, 0.15) is 23.3 Å². The first-order chi connectivity index (χ1) is 26.9. The number of fused-ring (bicyclic) bond motifs is 4. The van der Waals surface area contributed by atoms with Gasteiger partial charge in [-0.05, 0) is 76.3 Å². The zero-order valence-electron chi connectivity index (χ0n) is 31.7. The van der Waals surface area contributed by atoms with Crippen molar-refractivity contribution in [2.24, 2.45) is 23.7 Å². The van der Waals surface area contributed by atoms with E-state index in [0.717, 1.165) is 36.8 Å². The number of carbonyl (C=O) groups is 5. The monoisotopic (exact) mass is 786 g/mol. The normalized spacial score (nSPS) is 29.8. The molecule has 0 spiro atoms. The lowest BCUT2D eigenvalue weighted by Crippen LogP contribution is -2.60. The highest BCUT2D eigenvalue weighted by molar-refractivity contribution is 7.91. The van der Waals surface area contributed by atoms with E-state index in [4.69, 9.17) is 4.74 Å². The molecule has 0 radical (unpaired) electrons. The predicted molar refractivity (Wildman–Crippen MR) is 205 cm³/mol. The van der Waals surface area contributed by atoms with Crippen molar-refractivity contribution >= 4 is 39.7 Å². The van der Waals surface area contributed by atoms with Crippen LogP contribution in [0, 0.1) is 30.6 Å². The van der Waals surface area contributed by atoms with Crippen molar-refractivity contribution in [3.63, 3.8) is 0 Å². The van der Waals surface area contributed by atoms with Crippen molar-refractivity contribution in [3.05, 3.63) is 65.9 Å². The van der Waals surface area contributed by atoms with E-state index in [1.807, 2.05) is 49.4 Å². The molecule has 0 unspecified atom stereocenters. The molecule has 6 aliphatic rings. The van der Waals surface area contributed by atoms with Gasteiger partial charge in [0.05, 0.1) is 17.6 Å². The van der Waals surface area contributed by atoms with Gasteiger partial charge in [0, 0.05) is 43.0 Å². The minimum atomic E-state index is -3.90. The minimum Gasteiger partial charge on any atom is -0.449 e. The fraction of sp³-hybridized carbons (Fsp3) is 0.561. The lowest BCUT2D eigenvalue weighted by molar-refractivity contribution is -0.142. The minimum absolute atomic E-state index is 0.149. The zero-order valence-corrected chi connectivity index (χ0v) is 32.5. The lowest BCUT2D eigenvalue weighted by Gasteiger charge is -2.32. The van der Waals surface area contributed by atoms with Crippen LogP contribution in [0.25, 0.3) is 11.3 Å². The van der Waals surface area contributed by atoms with Crippen LogP contribution in [0.1, 0.15) is 80.3 Å². The van der Waals surface area contributed by atoms with Gasteiger partial charge >= 0.3 is 6.09 Å². The van der Waals surface area contributed by atoms with Crippen LogP contribution in [0.3, 0.4) is 0 Å². The first kappa shape index (κ1) is 38.1. The molecule has 1 aromatic carbocycles. The summed E-state index contributed by atoms with van der Waals surface area (Å²) in [6.07, 6.45) is 9.58. The number of aromatic nitrogens is 1. The van der Waals surface area contributed by atoms with E-state index >= 15 is 0 Å². The fourth-order valence-corrected chi connectivity index (χ4v) is 9.86. The molecule has 5 fully saturated rings. The number of alkyl carbamates (subject to hydrolysis) is 1. The summed E-state index contributed by atoms with van der Waals surface area (Å²) in [6.45, 7) is 2.85. The molecular formula is C41H50N6O8S. The second kappa shape index (κ2) is 15.3. The molecule has 14 nitrogen and oxygen atoms in total. The number of aryl methyl sites for hydroxylation is 1. The van der Waals surface area contributed by atoms with E-state index in [0.29, 0.717) is 43.7 Å². The van der Waals surface area contributed by atoms with Gasteiger partial charge in [0.25, 0.3) is 11.8 Å². The van der Waals surface area contributed by atoms with Gasteiger partial charge in [-0.3, -0.25) is 23.9 Å². The Labute approximate surface area is 327 Å². The van der Waals surface area contributed by atoms with E-state index < -0.39 is 68.5 Å². The number of ether oxygens (including phenoxy) is 1. The molecule has 2 aromatic rings. The number of benzene rings is 1. The van der Waals surface area contributed by atoms with Crippen molar-refractivity contribution in [1.29, 1.82) is 0 Å². The Kier molecular flexibility index (Phi) is 10.4. The Hall–Kier alpha value is -4.79. The summed E-state index contributed by atoms with van der Waals surface area (Å²) in [5.74, 6) is -2.98. The van der Waals surface area contributed by atoms with Gasteiger partial charge in [0.15, 0.2) is 0 Å². The molecule has 3 saturated carbocycles. The van der Waals surface area contributed by atoms with Crippen molar-refractivity contribution in [1.82, 2.24) is 30.1 Å². The molecule has 8 rings (SSSR count). The van der Waals surface area contributed by atoms with Crippen molar-refractivity contribution in [2.45, 2.75) is 94.0 Å². The maximum absolute atomic E-state index is 14.7. The average Bonchev–Trinajstić information content (AvgIpc) is 4.10. The van der Waals surface area contributed by atoms with Crippen LogP contribution in [-0.2, 0) is 29.1 Å². The lowest BCUT2D eigenvalue weighted by atomic mass is 9.93. The van der Waals surface area contributed by atoms with Crippen molar-refractivity contribution in [3.8, 4) is 11.3 Å². The van der Waals surface area contributed by atoms with Crippen LogP contribution in [0.2, 0.25) is 0 Å². The zero-order chi connectivity index (χ0) is 39.2. The number of rotatable bonds is 8. The largest absolute Gasteiger partial charge is 0.449 e. The summed E-state index contributed by atoms with van der Waals surface area (Å²) in [7, 11) is -3.90. The number of hydrogen-bond donors (Lipinski definition) is 3. The molecule has 4 heterocycles. The van der Waals surface area contributed by atoms with Crippen LogP contribution in [-0.4, -0.2) is 102 Å². The van der Waals surface area contributed by atoms with Gasteiger partial charge in [-0.2, -0.15) is 0 Å². The van der Waals surface area contributed by atoms with Crippen LogP contribution >= 0.6 is 0 Å². The van der Waals surface area contributed by atoms with Gasteiger partial charge in [0.2, 0.25) is 21.8 Å². The van der Waals surface area contributed by atoms with E-state index in [2.05, 4.69) is 20.3 Å². The van der Waals surface area contributed by atoms with Crippen LogP contribution in [0.5, 0.6) is 0 Å². The molecule has 3 aliphatic carbocycles. The maximum atomic E-state index is 14.7. The number of nitrogens with one attached hydrogen (secondary N) is 3. The second-order valence-corrected chi connectivity index (χ2v) is 18.6. The molecule has 2 saturated heterocycles. The Morgan fingerprint density at radius 2 is 1.75 bits per heavy atom. The Bertz CT molecular complexity index is 2030. The Balaban J connectivity index is 1.07. The molecule has 1 aromatic heterocycles. The topological polar surface area (TPSA) is 184 Å². The van der Waals surface area contributed by atoms with E-state index in [-0.39, 0.29) is 50.2 Å². The number of allylic oxidation sites excluding steroid dienone is 1. The number of carbonyl (C=O) groups excluding carboxylic acids is 5. The first-order valence-corrected chi connectivity index (χ1v) is 21.6. The number of nitrogens with zero attached hydrogens (tertiary/aromatic N) is 3. The quantitative estimate of drug-likeness (QED) is 0.338. The van der Waals surface area contributed by atoms with Gasteiger partial charge in [-0.1, -0.05) is 60.9 Å². The van der Waals surface area contributed by atoms with Crippen LogP contribution < -0.4 is 15.4 Å². The highest BCUT2D eigenvalue weighted by atomic mass is 32.2. The van der Waals surface area contributed by atoms with Crippen LogP contribution in [0.4, 0.5) is 4.79 Å². The fourth-order valence-electron chi connectivity index (χ4n) is 8.50. The predicted octanol–water partition coefficient (Wildman–Crippen LogP) is 3.46. The number of sulfonamides is 1. The molecule has 298 valence electrons. The molecular weight excluding hydrogens is 737 g/mol. The van der Waals surface area contributed by atoms with E-state index in [1.165, 1.54) is 4.90 Å². The molecule has 3 aliphatic heterocycles. The van der Waals surface area contributed by atoms with E-state index in [9.17, 15) is 32.4 Å². The summed E-state index contributed by atoms with van der Waals surface area (Å²) in [5.41, 5.74) is 1.38. The van der Waals surface area contributed by atoms with Gasteiger partial charge in [-0.15, -0.1) is 0 Å². The molecule has 15 heteroatoms. The summed E-state index contributed by atoms with van der Waals surface area (Å²) in [4.78, 5) is 77.8. The number of pyridine rings is 1. The highest BCUT2D eigenvalue weighted by Crippen LogP contribution is 2.47. The standard InChI is InChI=1S/C41H50N6O8S/c1-25-12-16-27(17-13-25)32-10-7-11-33(42-32)37(49)46-21-28-22-47-35(31(28)23-46)36(48)44-41(39(51)45-56(53,54)30-18-19-30)20-29(41)8-5-3-2-4-6-9-34(38(47)50)43-40(52)55-24-26-14-15-26/h5,7-8,10-13,16-17,26,28-31,34-35H,2-4,6,9,14-15,18-24H2,1H3,(H,43,52)(H,44,48)(H,45,51)/b8-5-/t28-,29-,31-,34-,35-,41+/m0/s1. The van der Waals surface area contributed by atoms with Gasteiger partial charge in [-0.25, -0.2) is 18.2 Å². The molecule has 5 amide bonds. The third-order valence-corrected chi connectivity index (χ3v) is 14.1. The number of hydrogen-bond acceptors (Lipinski definition) is 9. The maximum Gasteiger partial charge on any atom is 0.407 e. The number of amides is 5. The Morgan fingerprint density at radius 3 is 2.50 bits per heavy atom. The van der Waals surface area contributed by atoms with Gasteiger partial charge < -0.3 is 25.2 Å². The molecule has 3 N–H and O–H groups in total. The molecule has 56 heavy (non-hydrogen) atoms. The average molecular weight is 787 g/mol. The second-order valence-electron chi connectivity index (χ2n) is 16.6. The molecule has 6 atom stereocenters. The summed E-state index contributed by atoms with van der Waals surface area (Å²) < 4.78 is 33.5. The third-order valence-electron chi connectivity index (χ3n) is 12.3. The summed E-state index contributed by atoms with van der Waals surface area (Å²) in [6, 6.07) is 11.1. The summed E-state index contributed by atoms with van der Waals surface area (Å²) in [5, 5.41) is 5.09. The first-order valence-electron chi connectivity index (χ1n) is 20.0. The SMILES string of the molecule is Cc1ccc(-c2cccc(C(=O)N3C[C@H]4CN5C(=O)[C@@H](NC(=O)OCC6CC6)CCCCC/C=C\[C@H]6C[C@@]6(C(=O)NS(=O)(=O)C6CC6)NC(=O)[C@@H]5[C@H]4C3)n2)cc1.